The molecule has 0 fully saturated rings. The molecular weight excluding hydrogens is 350 g/mol. The van der Waals surface area contributed by atoms with Gasteiger partial charge in [-0.3, -0.25) is 4.79 Å². The fourth-order valence-corrected chi connectivity index (χ4v) is 2.99. The standard InChI is InChI=1S/C17H17BrClNO/c1-13-7-8-15(16(18)11-13)17(21)20(10-9-19)12-14-5-3-2-4-6-14/h2-8,11H,9-10,12H2,1H3. The van der Waals surface area contributed by atoms with Crippen LogP contribution in [-0.2, 0) is 6.54 Å². The highest BCUT2D eigenvalue weighted by Crippen LogP contribution is 2.21. The number of alkyl halides is 1. The predicted molar refractivity (Wildman–Crippen MR) is 90.8 cm³/mol. The molecule has 0 heterocycles. The highest BCUT2D eigenvalue weighted by atomic mass is 79.9. The minimum absolute atomic E-state index is 0.00798. The third-order valence-corrected chi connectivity index (χ3v) is 4.04. The van der Waals surface area contributed by atoms with E-state index in [0.29, 0.717) is 24.5 Å². The second kappa shape index (κ2) is 7.62. The van der Waals surface area contributed by atoms with Crippen LogP contribution in [0.4, 0.5) is 0 Å². The first kappa shape index (κ1) is 16.1. The second-order valence-corrected chi connectivity index (χ2v) is 6.12. The smallest absolute Gasteiger partial charge is 0.255 e. The van der Waals surface area contributed by atoms with Crippen LogP contribution in [0.1, 0.15) is 21.5 Å². The molecule has 0 aliphatic heterocycles. The number of hydrogen-bond acceptors (Lipinski definition) is 1. The summed E-state index contributed by atoms with van der Waals surface area (Å²) in [7, 11) is 0. The summed E-state index contributed by atoms with van der Waals surface area (Å²) in [6.45, 7) is 3.09. The molecule has 0 radical (unpaired) electrons. The number of carbonyl (C=O) groups is 1. The number of halogens is 2. The fraction of sp³-hybridized carbons (Fsp3) is 0.235. The molecule has 0 N–H and O–H groups in total. The average molecular weight is 367 g/mol. The summed E-state index contributed by atoms with van der Waals surface area (Å²) in [6.07, 6.45) is 0. The van der Waals surface area contributed by atoms with Gasteiger partial charge in [0.15, 0.2) is 0 Å². The molecule has 0 aliphatic carbocycles. The summed E-state index contributed by atoms with van der Waals surface area (Å²) >= 11 is 9.33. The van der Waals surface area contributed by atoms with Crippen molar-refractivity contribution in [3.63, 3.8) is 0 Å². The largest absolute Gasteiger partial charge is 0.333 e. The van der Waals surface area contributed by atoms with Gasteiger partial charge in [-0.2, -0.15) is 0 Å². The molecule has 4 heteroatoms. The highest BCUT2D eigenvalue weighted by molar-refractivity contribution is 9.10. The maximum atomic E-state index is 12.7. The van der Waals surface area contributed by atoms with E-state index in [-0.39, 0.29) is 5.91 Å². The lowest BCUT2D eigenvalue weighted by atomic mass is 10.1. The van der Waals surface area contributed by atoms with E-state index < -0.39 is 0 Å². The van der Waals surface area contributed by atoms with Gasteiger partial charge in [0.2, 0.25) is 0 Å². The maximum absolute atomic E-state index is 12.7. The van der Waals surface area contributed by atoms with E-state index in [1.165, 1.54) is 0 Å². The van der Waals surface area contributed by atoms with Crippen LogP contribution in [-0.4, -0.2) is 23.2 Å². The molecule has 0 unspecified atom stereocenters. The zero-order valence-electron chi connectivity index (χ0n) is 11.9. The van der Waals surface area contributed by atoms with Gasteiger partial charge in [-0.1, -0.05) is 36.4 Å². The van der Waals surface area contributed by atoms with Crippen LogP contribution in [0.25, 0.3) is 0 Å². The van der Waals surface area contributed by atoms with E-state index in [1.54, 1.807) is 4.90 Å². The van der Waals surface area contributed by atoms with E-state index >= 15 is 0 Å². The van der Waals surface area contributed by atoms with Crippen LogP contribution >= 0.6 is 27.5 Å². The van der Waals surface area contributed by atoms with Crippen molar-refractivity contribution in [2.24, 2.45) is 0 Å². The Bertz CT molecular complexity index is 615. The van der Waals surface area contributed by atoms with Gasteiger partial charge < -0.3 is 4.90 Å². The quantitative estimate of drug-likeness (QED) is 0.706. The molecule has 0 aromatic heterocycles. The number of carbonyl (C=O) groups excluding carboxylic acids is 1. The summed E-state index contributed by atoms with van der Waals surface area (Å²) in [5, 5.41) is 0. The van der Waals surface area contributed by atoms with Crippen LogP contribution < -0.4 is 0 Å². The summed E-state index contributed by atoms with van der Waals surface area (Å²) in [5.74, 6) is 0.411. The Morgan fingerprint density at radius 3 is 2.52 bits per heavy atom. The predicted octanol–water partition coefficient (Wildman–Crippen LogP) is 4.64. The van der Waals surface area contributed by atoms with Crippen molar-refractivity contribution in [1.29, 1.82) is 0 Å². The van der Waals surface area contributed by atoms with Crippen molar-refractivity contribution >= 4 is 33.4 Å². The van der Waals surface area contributed by atoms with Gasteiger partial charge in [0.05, 0.1) is 5.56 Å². The van der Waals surface area contributed by atoms with E-state index in [0.717, 1.165) is 15.6 Å². The van der Waals surface area contributed by atoms with Crippen molar-refractivity contribution in [2.45, 2.75) is 13.5 Å². The van der Waals surface area contributed by atoms with Crippen LogP contribution in [0.5, 0.6) is 0 Å². The molecule has 0 bridgehead atoms. The molecule has 0 spiro atoms. The minimum atomic E-state index is -0.00798. The van der Waals surface area contributed by atoms with Gasteiger partial charge in [0, 0.05) is 23.4 Å². The molecule has 2 nitrogen and oxygen atoms in total. The van der Waals surface area contributed by atoms with Gasteiger partial charge in [-0.25, -0.2) is 0 Å². The Kier molecular flexibility index (Phi) is 5.83. The fourth-order valence-electron chi connectivity index (χ4n) is 2.12. The molecule has 0 saturated carbocycles. The third-order valence-electron chi connectivity index (χ3n) is 3.21. The summed E-state index contributed by atoms with van der Waals surface area (Å²) in [6, 6.07) is 15.7. The summed E-state index contributed by atoms with van der Waals surface area (Å²) in [5.41, 5.74) is 2.88. The first-order valence-corrected chi connectivity index (χ1v) is 8.10. The number of nitrogens with zero attached hydrogens (tertiary/aromatic N) is 1. The molecule has 21 heavy (non-hydrogen) atoms. The molecule has 0 saturated heterocycles. The van der Waals surface area contributed by atoms with Gasteiger partial charge in [-0.05, 0) is 46.1 Å². The lowest BCUT2D eigenvalue weighted by Gasteiger charge is -2.22. The van der Waals surface area contributed by atoms with Crippen molar-refractivity contribution in [2.75, 3.05) is 12.4 Å². The third kappa shape index (κ3) is 4.32. The lowest BCUT2D eigenvalue weighted by molar-refractivity contribution is 0.0753. The molecule has 1 amide bonds. The SMILES string of the molecule is Cc1ccc(C(=O)N(CCCl)Cc2ccccc2)c(Br)c1. The molecule has 0 aliphatic rings. The molecule has 2 aromatic carbocycles. The number of aryl methyl sites for hydroxylation is 1. The first-order valence-electron chi connectivity index (χ1n) is 6.77. The number of benzene rings is 2. The zero-order valence-corrected chi connectivity index (χ0v) is 14.2. The van der Waals surface area contributed by atoms with E-state index in [9.17, 15) is 4.79 Å². The molecular formula is C17H17BrClNO. The Balaban J connectivity index is 2.23. The Labute approximate surface area is 138 Å². The van der Waals surface area contributed by atoms with Gasteiger partial charge in [-0.15, -0.1) is 11.6 Å². The molecule has 110 valence electrons. The van der Waals surface area contributed by atoms with Crippen LogP contribution in [0.3, 0.4) is 0 Å². The average Bonchev–Trinajstić information content (AvgIpc) is 2.47. The van der Waals surface area contributed by atoms with E-state index in [2.05, 4.69) is 15.9 Å². The van der Waals surface area contributed by atoms with E-state index in [4.69, 9.17) is 11.6 Å². The number of hydrogen-bond donors (Lipinski definition) is 0. The molecule has 2 aromatic rings. The number of rotatable bonds is 5. The van der Waals surface area contributed by atoms with Crippen molar-refractivity contribution < 1.29 is 4.79 Å². The zero-order chi connectivity index (χ0) is 15.2. The van der Waals surface area contributed by atoms with Crippen molar-refractivity contribution in [3.05, 3.63) is 69.7 Å². The van der Waals surface area contributed by atoms with Crippen LogP contribution in [0.15, 0.2) is 53.0 Å². The maximum Gasteiger partial charge on any atom is 0.255 e. The Morgan fingerprint density at radius 1 is 1.19 bits per heavy atom. The number of amides is 1. The lowest BCUT2D eigenvalue weighted by Crippen LogP contribution is -2.32. The monoisotopic (exact) mass is 365 g/mol. The Hall–Kier alpha value is -1.32. The van der Waals surface area contributed by atoms with Gasteiger partial charge >= 0.3 is 0 Å². The Morgan fingerprint density at radius 2 is 1.90 bits per heavy atom. The van der Waals surface area contributed by atoms with Crippen molar-refractivity contribution in [1.82, 2.24) is 4.90 Å². The van der Waals surface area contributed by atoms with Gasteiger partial charge in [0.25, 0.3) is 5.91 Å². The topological polar surface area (TPSA) is 20.3 Å². The van der Waals surface area contributed by atoms with E-state index in [1.807, 2.05) is 55.5 Å². The highest BCUT2D eigenvalue weighted by Gasteiger charge is 2.18. The van der Waals surface area contributed by atoms with Crippen molar-refractivity contribution in [3.8, 4) is 0 Å². The second-order valence-electron chi connectivity index (χ2n) is 4.88. The first-order chi connectivity index (χ1) is 10.1. The normalized spacial score (nSPS) is 10.4. The van der Waals surface area contributed by atoms with Crippen LogP contribution in [0.2, 0.25) is 0 Å². The minimum Gasteiger partial charge on any atom is -0.333 e. The van der Waals surface area contributed by atoms with Gasteiger partial charge in [0.1, 0.15) is 0 Å². The molecule has 2 rings (SSSR count). The van der Waals surface area contributed by atoms with Crippen LogP contribution in [0, 0.1) is 6.92 Å². The molecule has 0 atom stereocenters. The summed E-state index contributed by atoms with van der Waals surface area (Å²) in [4.78, 5) is 14.5. The summed E-state index contributed by atoms with van der Waals surface area (Å²) < 4.78 is 0.820.